The highest BCUT2D eigenvalue weighted by Crippen LogP contribution is 2.30. The Morgan fingerprint density at radius 3 is 2.47 bits per heavy atom. The zero-order chi connectivity index (χ0) is 23.5. The van der Waals surface area contributed by atoms with Crippen LogP contribution < -0.4 is 10.2 Å². The number of benzene rings is 1. The molecule has 174 valence electrons. The van der Waals surface area contributed by atoms with Crippen LogP contribution in [0.25, 0.3) is 0 Å². The van der Waals surface area contributed by atoms with E-state index in [2.05, 4.69) is 10.2 Å². The molecule has 3 rings (SSSR count). The highest BCUT2D eigenvalue weighted by Gasteiger charge is 2.36. The summed E-state index contributed by atoms with van der Waals surface area (Å²) in [4.78, 5) is 53.8. The van der Waals surface area contributed by atoms with Gasteiger partial charge in [-0.1, -0.05) is 0 Å². The van der Waals surface area contributed by atoms with Gasteiger partial charge in [0.25, 0.3) is 5.91 Å². The Morgan fingerprint density at radius 1 is 1.19 bits per heavy atom. The molecule has 3 amide bonds. The molecule has 1 atom stereocenters. The summed E-state index contributed by atoms with van der Waals surface area (Å²) < 4.78 is 5.45. The molecule has 0 aliphatic carbocycles. The number of likely N-dealkylation sites (N-methyl/N-ethyl adjacent to an activating group) is 1. The van der Waals surface area contributed by atoms with Gasteiger partial charge < -0.3 is 29.5 Å². The molecule has 1 N–H and O–H groups in total. The van der Waals surface area contributed by atoms with Crippen molar-refractivity contribution in [3.63, 3.8) is 0 Å². The lowest BCUT2D eigenvalue weighted by molar-refractivity contribution is -0.125. The SMILES string of the molecule is CNC(=O)C(CCC=O)N1Cc2cc(N3CCN(C(=O)OC(C)(C)C)CC3)ccc2C1=O. The fraction of sp³-hybridized carbons (Fsp3) is 0.565. The van der Waals surface area contributed by atoms with Crippen LogP contribution in [-0.4, -0.2) is 78.9 Å². The molecular formula is C23H32N4O5. The van der Waals surface area contributed by atoms with E-state index in [1.807, 2.05) is 32.9 Å². The van der Waals surface area contributed by atoms with Gasteiger partial charge in [0.2, 0.25) is 5.91 Å². The number of carbonyl (C=O) groups is 4. The van der Waals surface area contributed by atoms with Crippen LogP contribution in [0, 0.1) is 0 Å². The van der Waals surface area contributed by atoms with Crippen LogP contribution in [0.5, 0.6) is 0 Å². The summed E-state index contributed by atoms with van der Waals surface area (Å²) in [6, 6.07) is 5.01. The number of fused-ring (bicyclic) bond motifs is 1. The predicted octanol–water partition coefficient (Wildman–Crippen LogP) is 1.79. The first-order valence-corrected chi connectivity index (χ1v) is 11.0. The van der Waals surface area contributed by atoms with E-state index >= 15 is 0 Å². The van der Waals surface area contributed by atoms with Crippen molar-refractivity contribution in [1.29, 1.82) is 0 Å². The second-order valence-corrected chi connectivity index (χ2v) is 9.10. The molecule has 1 unspecified atom stereocenters. The normalized spacial score (nSPS) is 17.1. The molecule has 0 aromatic heterocycles. The highest BCUT2D eigenvalue weighted by molar-refractivity contribution is 6.01. The summed E-state index contributed by atoms with van der Waals surface area (Å²) in [6.45, 7) is 8.32. The van der Waals surface area contributed by atoms with Gasteiger partial charge in [0.05, 0.1) is 0 Å². The Labute approximate surface area is 188 Å². The fourth-order valence-corrected chi connectivity index (χ4v) is 4.07. The standard InChI is InChI=1S/C23H32N4O5/c1-23(2,3)32-22(31)26-11-9-25(10-12-26)17-7-8-18-16(14-17)15-27(21(18)30)19(6-5-13-28)20(29)24-4/h7-8,13-14,19H,5-6,9-12,15H2,1-4H3,(H,24,29). The summed E-state index contributed by atoms with van der Waals surface area (Å²) >= 11 is 0. The molecule has 0 bridgehead atoms. The molecule has 1 saturated heterocycles. The molecule has 1 aromatic carbocycles. The maximum Gasteiger partial charge on any atom is 0.410 e. The Hall–Kier alpha value is -3.10. The fourth-order valence-electron chi connectivity index (χ4n) is 4.07. The minimum Gasteiger partial charge on any atom is -0.444 e. The number of nitrogens with zero attached hydrogens (tertiary/aromatic N) is 3. The molecule has 9 heteroatoms. The number of ether oxygens (including phenoxy) is 1. The van der Waals surface area contributed by atoms with Crippen LogP contribution >= 0.6 is 0 Å². The zero-order valence-electron chi connectivity index (χ0n) is 19.2. The lowest BCUT2D eigenvalue weighted by Gasteiger charge is -2.36. The van der Waals surface area contributed by atoms with Crippen molar-refractivity contribution in [3.8, 4) is 0 Å². The smallest absolute Gasteiger partial charge is 0.410 e. The summed E-state index contributed by atoms with van der Waals surface area (Å²) in [5, 5.41) is 2.59. The molecule has 9 nitrogen and oxygen atoms in total. The highest BCUT2D eigenvalue weighted by atomic mass is 16.6. The van der Waals surface area contributed by atoms with E-state index in [1.165, 1.54) is 11.9 Å². The van der Waals surface area contributed by atoms with E-state index in [1.54, 1.807) is 11.0 Å². The van der Waals surface area contributed by atoms with E-state index in [9.17, 15) is 19.2 Å². The quantitative estimate of drug-likeness (QED) is 0.672. The molecule has 32 heavy (non-hydrogen) atoms. The number of hydrogen-bond donors (Lipinski definition) is 1. The predicted molar refractivity (Wildman–Crippen MR) is 119 cm³/mol. The minimum atomic E-state index is -0.675. The molecule has 1 aromatic rings. The molecule has 2 heterocycles. The topological polar surface area (TPSA) is 99.3 Å². The largest absolute Gasteiger partial charge is 0.444 e. The molecule has 2 aliphatic heterocycles. The third-order valence-corrected chi connectivity index (χ3v) is 5.70. The van der Waals surface area contributed by atoms with Crippen LogP contribution in [0.2, 0.25) is 0 Å². The molecule has 2 aliphatic rings. The van der Waals surface area contributed by atoms with Gasteiger partial charge in [-0.25, -0.2) is 4.79 Å². The summed E-state index contributed by atoms with van der Waals surface area (Å²) in [6.07, 6.45) is 0.967. The van der Waals surface area contributed by atoms with Crippen molar-refractivity contribution in [2.24, 2.45) is 0 Å². The Morgan fingerprint density at radius 2 is 1.88 bits per heavy atom. The summed E-state index contributed by atoms with van der Waals surface area (Å²) in [5.41, 5.74) is 1.90. The van der Waals surface area contributed by atoms with E-state index in [4.69, 9.17) is 4.74 Å². The van der Waals surface area contributed by atoms with Crippen molar-refractivity contribution in [2.45, 2.75) is 51.8 Å². The molecule has 0 saturated carbocycles. The maximum absolute atomic E-state index is 12.9. The van der Waals surface area contributed by atoms with Crippen molar-refractivity contribution in [3.05, 3.63) is 29.3 Å². The van der Waals surface area contributed by atoms with Crippen molar-refractivity contribution in [2.75, 3.05) is 38.1 Å². The summed E-state index contributed by atoms with van der Waals surface area (Å²) in [7, 11) is 1.53. The number of carbonyl (C=O) groups excluding carboxylic acids is 4. The van der Waals surface area contributed by atoms with Crippen LogP contribution in [0.3, 0.4) is 0 Å². The number of anilines is 1. The van der Waals surface area contributed by atoms with Crippen LogP contribution in [0.1, 0.15) is 49.5 Å². The zero-order valence-corrected chi connectivity index (χ0v) is 19.2. The number of rotatable bonds is 6. The van der Waals surface area contributed by atoms with E-state index < -0.39 is 11.6 Å². The van der Waals surface area contributed by atoms with Gasteiger partial charge >= 0.3 is 6.09 Å². The molecule has 1 fully saturated rings. The van der Waals surface area contributed by atoms with Gasteiger partial charge in [0.1, 0.15) is 17.9 Å². The van der Waals surface area contributed by atoms with E-state index in [-0.39, 0.29) is 24.3 Å². The van der Waals surface area contributed by atoms with E-state index in [0.29, 0.717) is 44.7 Å². The average molecular weight is 445 g/mol. The van der Waals surface area contributed by atoms with E-state index in [0.717, 1.165) is 17.5 Å². The van der Waals surface area contributed by atoms with Crippen LogP contribution in [0.15, 0.2) is 18.2 Å². The van der Waals surface area contributed by atoms with Gasteiger partial charge in [-0.2, -0.15) is 0 Å². The first kappa shape index (κ1) is 23.6. The Bertz CT molecular complexity index is 887. The number of aldehydes is 1. The maximum atomic E-state index is 12.9. The van der Waals surface area contributed by atoms with Gasteiger partial charge in [0, 0.05) is 57.4 Å². The number of nitrogens with one attached hydrogen (secondary N) is 1. The monoisotopic (exact) mass is 444 g/mol. The third kappa shape index (κ3) is 5.20. The van der Waals surface area contributed by atoms with Crippen molar-refractivity contribution in [1.82, 2.24) is 15.1 Å². The Kier molecular flexibility index (Phi) is 7.06. The molecule has 0 spiro atoms. The lowest BCUT2D eigenvalue weighted by Crippen LogP contribution is -2.50. The Balaban J connectivity index is 1.68. The van der Waals surface area contributed by atoms with Crippen LogP contribution in [0.4, 0.5) is 10.5 Å². The van der Waals surface area contributed by atoms with Gasteiger partial charge in [0.15, 0.2) is 0 Å². The average Bonchev–Trinajstić information content (AvgIpc) is 3.08. The first-order chi connectivity index (χ1) is 15.1. The first-order valence-electron chi connectivity index (χ1n) is 11.0. The third-order valence-electron chi connectivity index (χ3n) is 5.70. The van der Waals surface area contributed by atoms with Crippen molar-refractivity contribution < 1.29 is 23.9 Å². The minimum absolute atomic E-state index is 0.194. The second kappa shape index (κ2) is 9.58. The second-order valence-electron chi connectivity index (χ2n) is 9.10. The summed E-state index contributed by atoms with van der Waals surface area (Å²) in [5.74, 6) is -0.465. The molecular weight excluding hydrogens is 412 g/mol. The lowest BCUT2D eigenvalue weighted by atomic mass is 10.1. The number of piperazine rings is 1. The van der Waals surface area contributed by atoms with Gasteiger partial charge in [-0.05, 0) is 51.0 Å². The number of amides is 3. The van der Waals surface area contributed by atoms with Gasteiger partial charge in [-0.3, -0.25) is 9.59 Å². The van der Waals surface area contributed by atoms with Crippen molar-refractivity contribution >= 4 is 29.9 Å². The van der Waals surface area contributed by atoms with Crippen LogP contribution in [-0.2, 0) is 20.9 Å². The number of hydrogen-bond acceptors (Lipinski definition) is 6. The van der Waals surface area contributed by atoms with Gasteiger partial charge in [-0.15, -0.1) is 0 Å². The molecule has 0 radical (unpaired) electrons.